The first-order chi connectivity index (χ1) is 14.2. The highest BCUT2D eigenvalue weighted by Gasteiger charge is 2.05. The molecule has 7 nitrogen and oxygen atoms in total. The summed E-state index contributed by atoms with van der Waals surface area (Å²) in [6.45, 7) is 2.67. The minimum atomic E-state index is 0. The lowest BCUT2D eigenvalue weighted by atomic mass is 10.1. The highest BCUT2D eigenvalue weighted by molar-refractivity contribution is 14.0. The van der Waals surface area contributed by atoms with Gasteiger partial charge in [-0.2, -0.15) is 5.10 Å². The van der Waals surface area contributed by atoms with E-state index in [1.165, 1.54) is 11.1 Å². The van der Waals surface area contributed by atoms with Gasteiger partial charge >= 0.3 is 0 Å². The van der Waals surface area contributed by atoms with E-state index in [1.54, 1.807) is 25.5 Å². The zero-order valence-electron chi connectivity index (χ0n) is 16.5. The van der Waals surface area contributed by atoms with Crippen LogP contribution in [0.4, 0.5) is 5.82 Å². The molecule has 2 aromatic heterocycles. The highest BCUT2D eigenvalue weighted by atomic mass is 127. The lowest BCUT2D eigenvalue weighted by Gasteiger charge is -2.15. The lowest BCUT2D eigenvalue weighted by Crippen LogP contribution is -2.39. The van der Waals surface area contributed by atoms with Gasteiger partial charge in [0.05, 0.1) is 16.6 Å². The smallest absolute Gasteiger partial charge is 0.191 e. The fourth-order valence-corrected chi connectivity index (χ4v) is 3.21. The third-order valence-corrected chi connectivity index (χ3v) is 4.69. The van der Waals surface area contributed by atoms with Crippen molar-refractivity contribution in [2.75, 3.05) is 25.5 Å². The SMILES string of the molecule is CN=C(NCCNc1ncc(Cl)cc1Cl)NCc1ccccc1Cn1cccn1.I. The molecule has 0 atom stereocenters. The summed E-state index contributed by atoms with van der Waals surface area (Å²) in [7, 11) is 1.75. The average molecular weight is 560 g/mol. The molecule has 0 aliphatic rings. The molecule has 1 aromatic carbocycles. The Morgan fingerprint density at radius 2 is 1.90 bits per heavy atom. The van der Waals surface area contributed by atoms with Crippen molar-refractivity contribution in [1.82, 2.24) is 25.4 Å². The van der Waals surface area contributed by atoms with E-state index in [0.29, 0.717) is 35.5 Å². The number of hydrogen-bond acceptors (Lipinski definition) is 4. The maximum Gasteiger partial charge on any atom is 0.191 e. The second-order valence-corrected chi connectivity index (χ2v) is 7.08. The average Bonchev–Trinajstić information content (AvgIpc) is 3.23. The largest absolute Gasteiger partial charge is 0.367 e. The Kier molecular flexibility index (Phi) is 10.2. The van der Waals surface area contributed by atoms with Gasteiger partial charge in [0.25, 0.3) is 0 Å². The van der Waals surface area contributed by atoms with Crippen LogP contribution in [0.15, 0.2) is 60.0 Å². The van der Waals surface area contributed by atoms with Crippen LogP contribution in [0.5, 0.6) is 0 Å². The summed E-state index contributed by atoms with van der Waals surface area (Å²) >= 11 is 12.0. The van der Waals surface area contributed by atoms with Gasteiger partial charge in [-0.3, -0.25) is 9.67 Å². The standard InChI is InChI=1S/C20H23Cl2N7.HI/c1-23-20(25-9-8-24-19-18(22)11-17(21)13-26-19)27-12-15-5-2-3-6-16(15)14-29-10-4-7-28-29;/h2-7,10-11,13H,8-9,12,14H2,1H3,(H,24,26)(H2,23,25,27);1H. The predicted molar refractivity (Wildman–Crippen MR) is 134 cm³/mol. The number of guanidine groups is 1. The van der Waals surface area contributed by atoms with Crippen molar-refractivity contribution in [2.24, 2.45) is 4.99 Å². The summed E-state index contributed by atoms with van der Waals surface area (Å²) in [5.74, 6) is 1.32. The van der Waals surface area contributed by atoms with Crippen LogP contribution in [-0.2, 0) is 13.1 Å². The molecule has 10 heteroatoms. The van der Waals surface area contributed by atoms with Crippen LogP contribution in [-0.4, -0.2) is 40.9 Å². The predicted octanol–water partition coefficient (Wildman–Crippen LogP) is 4.03. The quantitative estimate of drug-likeness (QED) is 0.168. The number of pyridine rings is 1. The molecule has 0 bridgehead atoms. The summed E-state index contributed by atoms with van der Waals surface area (Å²) < 4.78 is 1.91. The number of aromatic nitrogens is 3. The van der Waals surface area contributed by atoms with Gasteiger partial charge < -0.3 is 16.0 Å². The Balaban J connectivity index is 0.00000320. The van der Waals surface area contributed by atoms with Gasteiger partial charge in [-0.25, -0.2) is 4.98 Å². The van der Waals surface area contributed by atoms with Gasteiger partial charge in [-0.05, 0) is 23.3 Å². The molecular weight excluding hydrogens is 536 g/mol. The summed E-state index contributed by atoms with van der Waals surface area (Å²) in [6, 6.07) is 11.9. The monoisotopic (exact) mass is 559 g/mol. The van der Waals surface area contributed by atoms with E-state index >= 15 is 0 Å². The van der Waals surface area contributed by atoms with E-state index in [4.69, 9.17) is 23.2 Å². The molecule has 0 aliphatic heterocycles. The van der Waals surface area contributed by atoms with E-state index in [2.05, 4.69) is 43.2 Å². The Morgan fingerprint density at radius 3 is 2.60 bits per heavy atom. The first-order valence-corrected chi connectivity index (χ1v) is 9.95. The second kappa shape index (κ2) is 12.6. The summed E-state index contributed by atoms with van der Waals surface area (Å²) in [4.78, 5) is 8.45. The molecule has 0 fully saturated rings. The molecule has 0 radical (unpaired) electrons. The van der Waals surface area contributed by atoms with Crippen molar-refractivity contribution in [3.63, 3.8) is 0 Å². The second-order valence-electron chi connectivity index (χ2n) is 6.24. The minimum absolute atomic E-state index is 0. The van der Waals surface area contributed by atoms with Gasteiger partial charge in [0.15, 0.2) is 5.96 Å². The van der Waals surface area contributed by atoms with Crippen LogP contribution in [0.25, 0.3) is 0 Å². The number of anilines is 1. The number of benzene rings is 1. The number of nitrogens with one attached hydrogen (secondary N) is 3. The van der Waals surface area contributed by atoms with Crippen molar-refractivity contribution in [1.29, 1.82) is 0 Å². The van der Waals surface area contributed by atoms with E-state index in [1.807, 2.05) is 29.1 Å². The van der Waals surface area contributed by atoms with Crippen LogP contribution >= 0.6 is 47.2 Å². The van der Waals surface area contributed by atoms with E-state index < -0.39 is 0 Å². The van der Waals surface area contributed by atoms with Gasteiger partial charge in [-0.15, -0.1) is 24.0 Å². The molecular formula is C20H24Cl2IN7. The topological polar surface area (TPSA) is 79.2 Å². The normalized spacial score (nSPS) is 11.0. The van der Waals surface area contributed by atoms with Gasteiger partial charge in [0.2, 0.25) is 0 Å². The molecule has 0 amide bonds. The molecule has 0 saturated carbocycles. The van der Waals surface area contributed by atoms with Gasteiger partial charge in [0.1, 0.15) is 5.82 Å². The fourth-order valence-electron chi connectivity index (χ4n) is 2.76. The molecule has 30 heavy (non-hydrogen) atoms. The summed E-state index contributed by atoms with van der Waals surface area (Å²) in [5.41, 5.74) is 2.41. The van der Waals surface area contributed by atoms with Crippen molar-refractivity contribution in [3.8, 4) is 0 Å². The number of halogens is 3. The lowest BCUT2D eigenvalue weighted by molar-refractivity contribution is 0.677. The molecule has 3 rings (SSSR count). The Morgan fingerprint density at radius 1 is 1.10 bits per heavy atom. The molecule has 0 aliphatic carbocycles. The van der Waals surface area contributed by atoms with Crippen molar-refractivity contribution in [2.45, 2.75) is 13.1 Å². The van der Waals surface area contributed by atoms with Crippen LogP contribution in [0.1, 0.15) is 11.1 Å². The molecule has 3 N–H and O–H groups in total. The zero-order chi connectivity index (χ0) is 20.5. The minimum Gasteiger partial charge on any atom is -0.367 e. The van der Waals surface area contributed by atoms with Crippen LogP contribution in [0, 0.1) is 0 Å². The van der Waals surface area contributed by atoms with E-state index in [0.717, 1.165) is 12.5 Å². The number of aliphatic imine (C=N–C) groups is 1. The van der Waals surface area contributed by atoms with Crippen molar-refractivity contribution in [3.05, 3.63) is 76.2 Å². The first kappa shape index (κ1) is 24.2. The van der Waals surface area contributed by atoms with Gasteiger partial charge in [-0.1, -0.05) is 47.5 Å². The van der Waals surface area contributed by atoms with E-state index in [-0.39, 0.29) is 24.0 Å². The van der Waals surface area contributed by atoms with Crippen molar-refractivity contribution >= 4 is 59.0 Å². The Labute approximate surface area is 203 Å². The molecule has 160 valence electrons. The van der Waals surface area contributed by atoms with Crippen LogP contribution in [0.2, 0.25) is 10.0 Å². The molecule has 0 unspecified atom stereocenters. The highest BCUT2D eigenvalue weighted by Crippen LogP contribution is 2.22. The zero-order valence-corrected chi connectivity index (χ0v) is 20.3. The number of rotatable bonds is 8. The molecule has 0 saturated heterocycles. The fraction of sp³-hybridized carbons (Fsp3) is 0.250. The Bertz CT molecular complexity index is 948. The third kappa shape index (κ3) is 7.33. The number of nitrogens with zero attached hydrogens (tertiary/aromatic N) is 4. The maximum absolute atomic E-state index is 6.11. The summed E-state index contributed by atoms with van der Waals surface area (Å²) in [6.07, 6.45) is 5.30. The van der Waals surface area contributed by atoms with Crippen molar-refractivity contribution < 1.29 is 0 Å². The van der Waals surface area contributed by atoms with Crippen LogP contribution in [0.3, 0.4) is 0 Å². The maximum atomic E-state index is 6.11. The number of hydrogen-bond donors (Lipinski definition) is 3. The van der Waals surface area contributed by atoms with Gasteiger partial charge in [0, 0.05) is 45.3 Å². The molecule has 0 spiro atoms. The third-order valence-electron chi connectivity index (χ3n) is 4.20. The Hall–Kier alpha value is -2.04. The first-order valence-electron chi connectivity index (χ1n) is 9.19. The summed E-state index contributed by atoms with van der Waals surface area (Å²) in [5, 5.41) is 15.1. The molecule has 3 aromatic rings. The van der Waals surface area contributed by atoms with E-state index in [9.17, 15) is 0 Å². The van der Waals surface area contributed by atoms with Crippen LogP contribution < -0.4 is 16.0 Å². The molecule has 2 heterocycles.